The van der Waals surface area contributed by atoms with Crippen LogP contribution in [0.25, 0.3) is 0 Å². The molecule has 1 aliphatic rings. The maximum absolute atomic E-state index is 12.1. The molecule has 1 N–H and O–H groups in total. The lowest BCUT2D eigenvalue weighted by Crippen LogP contribution is -2.19. The Morgan fingerprint density at radius 2 is 2.25 bits per heavy atom. The summed E-state index contributed by atoms with van der Waals surface area (Å²) >= 11 is 0. The zero-order valence-electron chi connectivity index (χ0n) is 4.09. The van der Waals surface area contributed by atoms with Gasteiger partial charge in [-0.05, 0) is 0 Å². The molecule has 1 heterocycles. The molecule has 5 heteroatoms. The van der Waals surface area contributed by atoms with Crippen LogP contribution < -0.4 is 4.72 Å². The van der Waals surface area contributed by atoms with E-state index in [0.717, 1.165) is 0 Å². The van der Waals surface area contributed by atoms with E-state index in [4.69, 9.17) is 0 Å². The minimum absolute atomic E-state index is 0.0856. The third-order valence-corrected chi connectivity index (χ3v) is 2.53. The van der Waals surface area contributed by atoms with Crippen molar-refractivity contribution in [1.29, 1.82) is 0 Å². The molecule has 1 fully saturated rings. The van der Waals surface area contributed by atoms with Crippen LogP contribution in [-0.4, -0.2) is 20.5 Å². The second kappa shape index (κ2) is 1.66. The Hall–Kier alpha value is -0.160. The number of hydrogen-bond donors (Lipinski definition) is 1. The highest BCUT2D eigenvalue weighted by atomic mass is 32.2. The average molecular weight is 139 g/mol. The molecule has 3 nitrogen and oxygen atoms in total. The third-order valence-electron chi connectivity index (χ3n) is 1.01. The number of hydrogen-bond acceptors (Lipinski definition) is 2. The van der Waals surface area contributed by atoms with Gasteiger partial charge >= 0.3 is 0 Å². The fourth-order valence-electron chi connectivity index (χ4n) is 0.560. The lowest BCUT2D eigenvalue weighted by molar-refractivity contribution is 0.423. The van der Waals surface area contributed by atoms with Gasteiger partial charge in [-0.2, -0.15) is 0 Å². The molecule has 8 heavy (non-hydrogen) atoms. The van der Waals surface area contributed by atoms with Crippen molar-refractivity contribution in [3.63, 3.8) is 0 Å². The maximum atomic E-state index is 12.1. The van der Waals surface area contributed by atoms with Crippen molar-refractivity contribution >= 4 is 10.0 Å². The van der Waals surface area contributed by atoms with Gasteiger partial charge < -0.3 is 0 Å². The van der Waals surface area contributed by atoms with Crippen LogP contribution in [0.3, 0.4) is 0 Å². The van der Waals surface area contributed by atoms with Crippen molar-refractivity contribution in [3.8, 4) is 0 Å². The van der Waals surface area contributed by atoms with E-state index in [-0.39, 0.29) is 13.0 Å². The van der Waals surface area contributed by atoms with E-state index in [9.17, 15) is 12.8 Å². The highest BCUT2D eigenvalue weighted by Gasteiger charge is 2.29. The molecule has 0 saturated carbocycles. The van der Waals surface area contributed by atoms with Crippen LogP contribution in [-0.2, 0) is 10.0 Å². The minimum atomic E-state index is -3.54. The van der Waals surface area contributed by atoms with Crippen LogP contribution in [0.2, 0.25) is 0 Å². The molecule has 0 spiro atoms. The summed E-state index contributed by atoms with van der Waals surface area (Å²) in [5.41, 5.74) is -1.68. The smallest absolute Gasteiger partial charge is 0.228 e. The predicted molar refractivity (Wildman–Crippen MR) is 26.4 cm³/mol. The minimum Gasteiger partial charge on any atom is -0.228 e. The van der Waals surface area contributed by atoms with Gasteiger partial charge in [0.05, 0.1) is 0 Å². The molecular weight excluding hydrogens is 133 g/mol. The number of alkyl halides is 1. The Labute approximate surface area is 46.9 Å². The summed E-state index contributed by atoms with van der Waals surface area (Å²) < 4.78 is 34.6. The van der Waals surface area contributed by atoms with E-state index in [2.05, 4.69) is 0 Å². The summed E-state index contributed by atoms with van der Waals surface area (Å²) in [6.07, 6.45) is 0.0856. The molecule has 0 amide bonds. The van der Waals surface area contributed by atoms with E-state index < -0.39 is 15.5 Å². The van der Waals surface area contributed by atoms with Crippen molar-refractivity contribution in [2.45, 2.75) is 11.9 Å². The highest BCUT2D eigenvalue weighted by molar-refractivity contribution is 7.90. The van der Waals surface area contributed by atoms with Gasteiger partial charge in [0, 0.05) is 13.0 Å². The third kappa shape index (κ3) is 0.830. The predicted octanol–water partition coefficient (Wildman–Crippen LogP) is -0.395. The molecule has 0 aliphatic carbocycles. The van der Waals surface area contributed by atoms with E-state index >= 15 is 0 Å². The van der Waals surface area contributed by atoms with Gasteiger partial charge in [0.25, 0.3) is 0 Å². The first-order valence-corrected chi connectivity index (χ1v) is 3.80. The topological polar surface area (TPSA) is 46.2 Å². The van der Waals surface area contributed by atoms with Gasteiger partial charge in [-0.3, -0.25) is 0 Å². The van der Waals surface area contributed by atoms with Gasteiger partial charge in [-0.25, -0.2) is 17.5 Å². The molecule has 1 rings (SSSR count). The molecule has 1 unspecified atom stereocenters. The zero-order valence-corrected chi connectivity index (χ0v) is 4.91. The Morgan fingerprint density at radius 3 is 2.38 bits per heavy atom. The molecule has 0 aromatic rings. The lowest BCUT2D eigenvalue weighted by atomic mass is 10.5. The van der Waals surface area contributed by atoms with Crippen LogP contribution in [0.4, 0.5) is 4.39 Å². The van der Waals surface area contributed by atoms with Crippen LogP contribution >= 0.6 is 0 Å². The number of nitrogens with one attached hydrogen (secondary N) is 1. The van der Waals surface area contributed by atoms with E-state index in [1.54, 1.807) is 0 Å². The largest absolute Gasteiger partial charge is 0.244 e. The van der Waals surface area contributed by atoms with Crippen molar-refractivity contribution in [1.82, 2.24) is 4.72 Å². The van der Waals surface area contributed by atoms with Crippen LogP contribution in [0, 0.1) is 0 Å². The van der Waals surface area contributed by atoms with Crippen molar-refractivity contribution < 1.29 is 12.8 Å². The summed E-state index contributed by atoms with van der Waals surface area (Å²) in [5, 5.41) is 0. The first-order valence-electron chi connectivity index (χ1n) is 2.25. The highest BCUT2D eigenvalue weighted by Crippen LogP contribution is 2.10. The number of rotatable bonds is 0. The SMILES string of the molecule is O=S1(=O)NCCC1F. The van der Waals surface area contributed by atoms with E-state index in [1.165, 1.54) is 0 Å². The van der Waals surface area contributed by atoms with Gasteiger partial charge in [-0.1, -0.05) is 0 Å². The molecule has 0 aromatic carbocycles. The van der Waals surface area contributed by atoms with Crippen LogP contribution in [0.15, 0.2) is 0 Å². The molecule has 1 saturated heterocycles. The van der Waals surface area contributed by atoms with Crippen molar-refractivity contribution in [3.05, 3.63) is 0 Å². The summed E-state index contributed by atoms with van der Waals surface area (Å²) in [6.45, 7) is 0.240. The molecule has 0 radical (unpaired) electrons. The van der Waals surface area contributed by atoms with Gasteiger partial charge in [-0.15, -0.1) is 0 Å². The van der Waals surface area contributed by atoms with Crippen molar-refractivity contribution in [2.24, 2.45) is 0 Å². The monoisotopic (exact) mass is 139 g/mol. The molecule has 0 aromatic heterocycles. The van der Waals surface area contributed by atoms with Crippen LogP contribution in [0.1, 0.15) is 6.42 Å². The second-order valence-corrected chi connectivity index (χ2v) is 3.53. The summed E-state index contributed by atoms with van der Waals surface area (Å²) in [4.78, 5) is 0. The fourth-order valence-corrected chi connectivity index (χ4v) is 1.57. The van der Waals surface area contributed by atoms with Gasteiger partial charge in [0.2, 0.25) is 15.5 Å². The average Bonchev–Trinajstić information content (AvgIpc) is 1.86. The van der Waals surface area contributed by atoms with Crippen LogP contribution in [0.5, 0.6) is 0 Å². The standard InChI is InChI=1S/C3H6FNO2S/c4-3-1-2-5-8(3,6)7/h3,5H,1-2H2. The first-order chi connectivity index (χ1) is 3.63. The molecule has 0 bridgehead atoms. The molecular formula is C3H6FNO2S. The normalized spacial score (nSPS) is 35.4. The second-order valence-electron chi connectivity index (χ2n) is 1.64. The zero-order chi connectivity index (χ0) is 6.20. The molecule has 1 atom stereocenters. The van der Waals surface area contributed by atoms with E-state index in [0.29, 0.717) is 0 Å². The number of halogens is 1. The maximum Gasteiger partial charge on any atom is 0.244 e. The van der Waals surface area contributed by atoms with Gasteiger partial charge in [0.15, 0.2) is 0 Å². The molecule has 1 aliphatic heterocycles. The Balaban J connectivity index is 2.85. The van der Waals surface area contributed by atoms with E-state index in [1.807, 2.05) is 4.72 Å². The Morgan fingerprint density at radius 1 is 1.62 bits per heavy atom. The summed E-state index contributed by atoms with van der Waals surface area (Å²) in [7, 11) is -3.54. The Bertz CT molecular complexity index is 176. The number of sulfonamides is 1. The first kappa shape index (κ1) is 5.97. The van der Waals surface area contributed by atoms with Crippen molar-refractivity contribution in [2.75, 3.05) is 6.54 Å². The Kier molecular flexibility index (Phi) is 1.24. The quantitative estimate of drug-likeness (QED) is 0.496. The fraction of sp³-hybridized carbons (Fsp3) is 1.00. The van der Waals surface area contributed by atoms with Gasteiger partial charge in [0.1, 0.15) is 0 Å². The summed E-state index contributed by atoms with van der Waals surface area (Å²) in [6, 6.07) is 0. The summed E-state index contributed by atoms with van der Waals surface area (Å²) in [5.74, 6) is 0. The lowest BCUT2D eigenvalue weighted by Gasteiger charge is -1.92. The molecule has 48 valence electrons.